The van der Waals surface area contributed by atoms with Gasteiger partial charge < -0.3 is 14.6 Å². The van der Waals surface area contributed by atoms with Crippen LogP contribution in [0.25, 0.3) is 0 Å². The molecule has 0 amide bonds. The zero-order chi connectivity index (χ0) is 11.0. The zero-order valence-corrected chi connectivity index (χ0v) is 9.82. The Morgan fingerprint density at radius 1 is 1.57 bits per heavy atom. The number of rotatable bonds is 5. The van der Waals surface area contributed by atoms with Crippen molar-refractivity contribution in [3.8, 4) is 0 Å². The van der Waals surface area contributed by atoms with Gasteiger partial charge in [-0.05, 0) is 26.1 Å². The Kier molecular flexibility index (Phi) is 7.83. The number of carbonyl (C=O) groups excluding carboxylic acids is 1. The van der Waals surface area contributed by atoms with Crippen molar-refractivity contribution in [3.63, 3.8) is 0 Å². The minimum atomic E-state index is -0.402. The molecule has 0 aromatic heterocycles. The summed E-state index contributed by atoms with van der Waals surface area (Å²) >= 11 is 5.98. The summed E-state index contributed by atoms with van der Waals surface area (Å²) in [5, 5.41) is 8.03. The van der Waals surface area contributed by atoms with Crippen molar-refractivity contribution in [1.82, 2.24) is 0 Å². The Bertz CT molecular complexity index is 196. The Balaban J connectivity index is 3.76. The topological polar surface area (TPSA) is 55.8 Å². The summed E-state index contributed by atoms with van der Waals surface area (Å²) in [6.45, 7) is 3.84. The van der Waals surface area contributed by atoms with Gasteiger partial charge in [-0.2, -0.15) is 0 Å². The van der Waals surface area contributed by atoms with E-state index in [-0.39, 0.29) is 13.2 Å². The quantitative estimate of drug-likeness (QED) is 0.569. The SMILES string of the molecule is CCOC(=S)SC(C)C(=O)OCCO. The van der Waals surface area contributed by atoms with Gasteiger partial charge in [-0.3, -0.25) is 4.79 Å². The predicted molar refractivity (Wildman–Crippen MR) is 59.3 cm³/mol. The first-order valence-corrected chi connectivity index (χ1v) is 5.51. The normalized spacial score (nSPS) is 11.9. The number of aliphatic hydroxyl groups excluding tert-OH is 1. The lowest BCUT2D eigenvalue weighted by Gasteiger charge is -2.10. The van der Waals surface area contributed by atoms with Gasteiger partial charge in [-0.1, -0.05) is 11.8 Å². The van der Waals surface area contributed by atoms with Crippen LogP contribution in [0, 0.1) is 0 Å². The Labute approximate surface area is 93.0 Å². The fourth-order valence-corrected chi connectivity index (χ4v) is 1.80. The van der Waals surface area contributed by atoms with E-state index in [1.165, 1.54) is 0 Å². The van der Waals surface area contributed by atoms with Crippen molar-refractivity contribution in [2.75, 3.05) is 19.8 Å². The highest BCUT2D eigenvalue weighted by atomic mass is 32.2. The molecule has 0 aromatic rings. The second-order valence-electron chi connectivity index (χ2n) is 2.33. The van der Waals surface area contributed by atoms with E-state index in [1.807, 2.05) is 6.92 Å². The lowest BCUT2D eigenvalue weighted by molar-refractivity contribution is -0.143. The molecule has 0 saturated heterocycles. The fourth-order valence-electron chi connectivity index (χ4n) is 0.608. The van der Waals surface area contributed by atoms with Crippen molar-refractivity contribution in [2.24, 2.45) is 0 Å². The molecule has 6 heteroatoms. The molecular weight excluding hydrogens is 224 g/mol. The van der Waals surface area contributed by atoms with E-state index in [1.54, 1.807) is 6.92 Å². The molecule has 4 nitrogen and oxygen atoms in total. The lowest BCUT2D eigenvalue weighted by Crippen LogP contribution is -2.20. The number of thioether (sulfide) groups is 1. The zero-order valence-electron chi connectivity index (χ0n) is 8.19. The standard InChI is InChI=1S/C8H14O4S2/c1-3-11-8(13)14-6(2)7(10)12-5-4-9/h6,9H,3-5H2,1-2H3. The van der Waals surface area contributed by atoms with Crippen LogP contribution in [-0.4, -0.2) is 40.5 Å². The monoisotopic (exact) mass is 238 g/mol. The van der Waals surface area contributed by atoms with E-state index in [0.717, 1.165) is 11.8 Å². The van der Waals surface area contributed by atoms with E-state index < -0.39 is 11.2 Å². The van der Waals surface area contributed by atoms with Gasteiger partial charge in [0.2, 0.25) is 4.38 Å². The molecule has 0 fully saturated rings. The van der Waals surface area contributed by atoms with Gasteiger partial charge >= 0.3 is 5.97 Å². The van der Waals surface area contributed by atoms with Crippen molar-refractivity contribution < 1.29 is 19.4 Å². The fraction of sp³-hybridized carbons (Fsp3) is 0.750. The molecule has 0 aliphatic carbocycles. The van der Waals surface area contributed by atoms with Crippen LogP contribution in [0.3, 0.4) is 0 Å². The largest absolute Gasteiger partial charge is 0.479 e. The van der Waals surface area contributed by atoms with E-state index in [2.05, 4.69) is 0 Å². The van der Waals surface area contributed by atoms with Crippen LogP contribution in [0.5, 0.6) is 0 Å². The number of aliphatic hydroxyl groups is 1. The third-order valence-corrected chi connectivity index (χ3v) is 2.47. The van der Waals surface area contributed by atoms with E-state index in [9.17, 15) is 4.79 Å². The third-order valence-electron chi connectivity index (χ3n) is 1.20. The summed E-state index contributed by atoms with van der Waals surface area (Å²) in [7, 11) is 0. The van der Waals surface area contributed by atoms with Crippen molar-refractivity contribution in [1.29, 1.82) is 0 Å². The molecule has 0 heterocycles. The molecule has 0 spiro atoms. The van der Waals surface area contributed by atoms with E-state index in [0.29, 0.717) is 11.0 Å². The summed E-state index contributed by atoms with van der Waals surface area (Å²) in [5.41, 5.74) is 0. The van der Waals surface area contributed by atoms with Crippen molar-refractivity contribution in [3.05, 3.63) is 0 Å². The van der Waals surface area contributed by atoms with Gasteiger partial charge in [-0.25, -0.2) is 0 Å². The molecule has 0 rings (SSSR count). The molecule has 14 heavy (non-hydrogen) atoms. The Hall–Kier alpha value is -0.330. The highest BCUT2D eigenvalue weighted by Crippen LogP contribution is 2.15. The first-order chi connectivity index (χ1) is 6.61. The number of thiocarbonyl (C=S) groups is 1. The minimum absolute atomic E-state index is 0.0190. The molecule has 0 bridgehead atoms. The summed E-state index contributed by atoms with van der Waals surface area (Å²) in [5.74, 6) is -0.397. The average molecular weight is 238 g/mol. The van der Waals surface area contributed by atoms with Crippen molar-refractivity contribution in [2.45, 2.75) is 19.1 Å². The van der Waals surface area contributed by atoms with Crippen LogP contribution >= 0.6 is 24.0 Å². The molecule has 0 radical (unpaired) electrons. The molecule has 82 valence electrons. The van der Waals surface area contributed by atoms with Crippen LogP contribution < -0.4 is 0 Å². The highest BCUT2D eigenvalue weighted by Gasteiger charge is 2.17. The Morgan fingerprint density at radius 3 is 2.71 bits per heavy atom. The first kappa shape index (κ1) is 13.7. The van der Waals surface area contributed by atoms with Gasteiger partial charge in [0, 0.05) is 0 Å². The predicted octanol–water partition coefficient (Wildman–Crippen LogP) is 0.965. The number of carbonyl (C=O) groups is 1. The van der Waals surface area contributed by atoms with Gasteiger partial charge in [-0.15, -0.1) is 0 Å². The smallest absolute Gasteiger partial charge is 0.319 e. The van der Waals surface area contributed by atoms with Crippen LogP contribution in [0.15, 0.2) is 0 Å². The van der Waals surface area contributed by atoms with Gasteiger partial charge in [0.15, 0.2) is 0 Å². The number of esters is 1. The van der Waals surface area contributed by atoms with Gasteiger partial charge in [0.25, 0.3) is 0 Å². The molecule has 1 atom stereocenters. The maximum Gasteiger partial charge on any atom is 0.319 e. The molecule has 1 unspecified atom stereocenters. The summed E-state index contributed by atoms with van der Waals surface area (Å²) in [6.07, 6.45) is 0. The van der Waals surface area contributed by atoms with Crippen LogP contribution in [0.4, 0.5) is 0 Å². The van der Waals surface area contributed by atoms with Gasteiger partial charge in [0.05, 0.1) is 13.2 Å². The first-order valence-electron chi connectivity index (χ1n) is 4.22. The number of ether oxygens (including phenoxy) is 2. The molecule has 0 saturated carbocycles. The number of hydrogen-bond acceptors (Lipinski definition) is 6. The van der Waals surface area contributed by atoms with Crippen LogP contribution in [-0.2, 0) is 14.3 Å². The molecular formula is C8H14O4S2. The second-order valence-corrected chi connectivity index (χ2v) is 4.28. The third kappa shape index (κ3) is 6.17. The maximum absolute atomic E-state index is 11.2. The second kappa shape index (κ2) is 8.02. The molecule has 0 aliphatic heterocycles. The molecule has 1 N–H and O–H groups in total. The maximum atomic E-state index is 11.2. The van der Waals surface area contributed by atoms with Crippen LogP contribution in [0.1, 0.15) is 13.8 Å². The summed E-state index contributed by atoms with van der Waals surface area (Å²) < 4.78 is 10.0. The lowest BCUT2D eigenvalue weighted by atomic mass is 10.5. The Morgan fingerprint density at radius 2 is 2.21 bits per heavy atom. The van der Waals surface area contributed by atoms with E-state index >= 15 is 0 Å². The van der Waals surface area contributed by atoms with Crippen molar-refractivity contribution >= 4 is 34.3 Å². The number of hydrogen-bond donors (Lipinski definition) is 1. The molecule has 0 aromatic carbocycles. The summed E-state index contributed by atoms with van der Waals surface area (Å²) in [6, 6.07) is 0. The summed E-state index contributed by atoms with van der Waals surface area (Å²) in [4.78, 5) is 11.2. The highest BCUT2D eigenvalue weighted by molar-refractivity contribution is 8.23. The molecule has 0 aliphatic rings. The minimum Gasteiger partial charge on any atom is -0.479 e. The van der Waals surface area contributed by atoms with E-state index in [4.69, 9.17) is 26.8 Å². The van der Waals surface area contributed by atoms with Crippen LogP contribution in [0.2, 0.25) is 0 Å². The van der Waals surface area contributed by atoms with Gasteiger partial charge in [0.1, 0.15) is 11.9 Å². The average Bonchev–Trinajstić information content (AvgIpc) is 2.14.